The number of anilines is 1. The molecule has 0 spiro atoms. The van der Waals surface area contributed by atoms with Gasteiger partial charge in [0, 0.05) is 32.0 Å². The predicted octanol–water partition coefficient (Wildman–Crippen LogP) is 1.87. The van der Waals surface area contributed by atoms with E-state index in [1.807, 2.05) is 12.1 Å². The zero-order valence-corrected chi connectivity index (χ0v) is 12.0. The molecule has 3 heterocycles. The molecule has 6 nitrogen and oxygen atoms in total. The first-order valence-electron chi connectivity index (χ1n) is 7.32. The highest BCUT2D eigenvalue weighted by molar-refractivity contribution is 5.66. The third-order valence-electron chi connectivity index (χ3n) is 3.50. The molecule has 1 N–H and O–H groups in total. The van der Waals surface area contributed by atoms with E-state index in [4.69, 9.17) is 9.15 Å². The fraction of sp³-hybridized carbons (Fsp3) is 0.467. The number of morpholine rings is 1. The SMILES string of the molecule is c1coc(-c2nccnc2NCCCN2CCOCC2)c1. The molecule has 1 aliphatic rings. The summed E-state index contributed by atoms with van der Waals surface area (Å²) >= 11 is 0. The molecule has 0 saturated carbocycles. The van der Waals surface area contributed by atoms with Crippen molar-refractivity contribution in [2.24, 2.45) is 0 Å². The van der Waals surface area contributed by atoms with Crippen molar-refractivity contribution in [3.05, 3.63) is 30.8 Å². The predicted molar refractivity (Wildman–Crippen MR) is 80.1 cm³/mol. The Kier molecular flexibility index (Phi) is 4.81. The lowest BCUT2D eigenvalue weighted by molar-refractivity contribution is 0.0378. The number of hydrogen-bond acceptors (Lipinski definition) is 6. The third-order valence-corrected chi connectivity index (χ3v) is 3.50. The minimum absolute atomic E-state index is 0.735. The van der Waals surface area contributed by atoms with Gasteiger partial charge in [-0.25, -0.2) is 9.97 Å². The lowest BCUT2D eigenvalue weighted by Gasteiger charge is -2.26. The number of ether oxygens (including phenoxy) is 1. The summed E-state index contributed by atoms with van der Waals surface area (Å²) in [6.07, 6.45) is 6.08. The van der Waals surface area contributed by atoms with Crippen LogP contribution < -0.4 is 5.32 Å². The molecule has 0 bridgehead atoms. The summed E-state index contributed by atoms with van der Waals surface area (Å²) in [7, 11) is 0. The first kappa shape index (κ1) is 14.0. The second kappa shape index (κ2) is 7.19. The quantitative estimate of drug-likeness (QED) is 0.819. The Morgan fingerprint density at radius 2 is 2.05 bits per heavy atom. The Labute approximate surface area is 124 Å². The van der Waals surface area contributed by atoms with Crippen LogP contribution in [0.15, 0.2) is 35.2 Å². The number of nitrogens with zero attached hydrogens (tertiary/aromatic N) is 3. The van der Waals surface area contributed by atoms with Crippen molar-refractivity contribution in [1.82, 2.24) is 14.9 Å². The molecule has 0 radical (unpaired) electrons. The summed E-state index contributed by atoms with van der Waals surface area (Å²) in [6, 6.07) is 3.75. The summed E-state index contributed by atoms with van der Waals surface area (Å²) < 4.78 is 10.7. The standard InChI is InChI=1S/C15H20N4O2/c1-3-13(21-10-1)14-15(18-6-5-16-14)17-4-2-7-19-8-11-20-12-9-19/h1,3,5-6,10H,2,4,7-9,11-12H2,(H,17,18). The largest absolute Gasteiger partial charge is 0.463 e. The van der Waals surface area contributed by atoms with Crippen LogP contribution in [-0.4, -0.2) is 54.3 Å². The fourth-order valence-corrected chi connectivity index (χ4v) is 2.40. The van der Waals surface area contributed by atoms with E-state index in [0.29, 0.717) is 0 Å². The van der Waals surface area contributed by atoms with Crippen LogP contribution >= 0.6 is 0 Å². The van der Waals surface area contributed by atoms with Gasteiger partial charge in [0.2, 0.25) is 0 Å². The summed E-state index contributed by atoms with van der Waals surface area (Å²) in [5, 5.41) is 3.35. The van der Waals surface area contributed by atoms with E-state index in [9.17, 15) is 0 Å². The zero-order chi connectivity index (χ0) is 14.3. The molecule has 21 heavy (non-hydrogen) atoms. The van der Waals surface area contributed by atoms with Gasteiger partial charge in [0.25, 0.3) is 0 Å². The van der Waals surface area contributed by atoms with Crippen LogP contribution in [0, 0.1) is 0 Å². The van der Waals surface area contributed by atoms with Crippen LogP contribution in [0.1, 0.15) is 6.42 Å². The Bertz CT molecular complexity index is 538. The number of rotatable bonds is 6. The van der Waals surface area contributed by atoms with E-state index in [2.05, 4.69) is 20.2 Å². The van der Waals surface area contributed by atoms with E-state index >= 15 is 0 Å². The second-order valence-corrected chi connectivity index (χ2v) is 4.97. The minimum Gasteiger partial charge on any atom is -0.463 e. The van der Waals surface area contributed by atoms with Gasteiger partial charge in [-0.05, 0) is 25.1 Å². The smallest absolute Gasteiger partial charge is 0.156 e. The molecule has 1 aliphatic heterocycles. The van der Waals surface area contributed by atoms with Crippen molar-refractivity contribution in [1.29, 1.82) is 0 Å². The zero-order valence-electron chi connectivity index (χ0n) is 12.0. The highest BCUT2D eigenvalue weighted by atomic mass is 16.5. The van der Waals surface area contributed by atoms with Gasteiger partial charge in [-0.1, -0.05) is 0 Å². The summed E-state index contributed by atoms with van der Waals surface area (Å²) in [6.45, 7) is 5.70. The molecule has 1 saturated heterocycles. The normalized spacial score (nSPS) is 16.0. The highest BCUT2D eigenvalue weighted by Gasteiger charge is 2.11. The molecule has 0 aliphatic carbocycles. The maximum atomic E-state index is 5.40. The second-order valence-electron chi connectivity index (χ2n) is 4.97. The Balaban J connectivity index is 1.51. The lowest BCUT2D eigenvalue weighted by atomic mass is 10.3. The molecule has 1 fully saturated rings. The van der Waals surface area contributed by atoms with Gasteiger partial charge in [-0.3, -0.25) is 4.90 Å². The fourth-order valence-electron chi connectivity index (χ4n) is 2.40. The summed E-state index contributed by atoms with van der Waals surface area (Å²) in [5.41, 5.74) is 0.758. The van der Waals surface area contributed by atoms with Crippen molar-refractivity contribution in [2.45, 2.75) is 6.42 Å². The average Bonchev–Trinajstić information content (AvgIpc) is 3.07. The number of furan rings is 1. The Morgan fingerprint density at radius 3 is 2.86 bits per heavy atom. The van der Waals surface area contributed by atoms with Gasteiger partial charge in [-0.2, -0.15) is 0 Å². The maximum absolute atomic E-state index is 5.40. The lowest BCUT2D eigenvalue weighted by Crippen LogP contribution is -2.37. The van der Waals surface area contributed by atoms with Gasteiger partial charge in [0.15, 0.2) is 11.6 Å². The summed E-state index contributed by atoms with van der Waals surface area (Å²) in [4.78, 5) is 11.1. The molecule has 6 heteroatoms. The van der Waals surface area contributed by atoms with Gasteiger partial charge in [-0.15, -0.1) is 0 Å². The summed E-state index contributed by atoms with van der Waals surface area (Å²) in [5.74, 6) is 1.51. The van der Waals surface area contributed by atoms with E-state index in [1.165, 1.54) is 0 Å². The Hall–Kier alpha value is -1.92. The van der Waals surface area contributed by atoms with Crippen molar-refractivity contribution >= 4 is 5.82 Å². The number of aromatic nitrogens is 2. The minimum atomic E-state index is 0.735. The first-order chi connectivity index (χ1) is 10.4. The van der Waals surface area contributed by atoms with E-state index in [-0.39, 0.29) is 0 Å². The van der Waals surface area contributed by atoms with Gasteiger partial charge < -0.3 is 14.5 Å². The van der Waals surface area contributed by atoms with Crippen LogP contribution in [0.2, 0.25) is 0 Å². The van der Waals surface area contributed by atoms with E-state index in [0.717, 1.165) is 63.1 Å². The van der Waals surface area contributed by atoms with Crippen LogP contribution in [0.4, 0.5) is 5.82 Å². The maximum Gasteiger partial charge on any atom is 0.156 e. The molecular formula is C15H20N4O2. The van der Waals surface area contributed by atoms with Crippen LogP contribution in [0.5, 0.6) is 0 Å². The van der Waals surface area contributed by atoms with Crippen LogP contribution in [0.25, 0.3) is 11.5 Å². The number of hydrogen-bond donors (Lipinski definition) is 1. The number of nitrogens with one attached hydrogen (secondary N) is 1. The molecule has 2 aromatic heterocycles. The molecule has 0 unspecified atom stereocenters. The van der Waals surface area contributed by atoms with Crippen LogP contribution in [0.3, 0.4) is 0 Å². The van der Waals surface area contributed by atoms with E-state index in [1.54, 1.807) is 18.7 Å². The van der Waals surface area contributed by atoms with Crippen molar-refractivity contribution in [2.75, 3.05) is 44.7 Å². The van der Waals surface area contributed by atoms with Gasteiger partial charge in [0.05, 0.1) is 19.5 Å². The third kappa shape index (κ3) is 3.80. The Morgan fingerprint density at radius 1 is 1.19 bits per heavy atom. The molecule has 3 rings (SSSR count). The highest BCUT2D eigenvalue weighted by Crippen LogP contribution is 2.23. The molecule has 112 valence electrons. The van der Waals surface area contributed by atoms with Crippen molar-refractivity contribution < 1.29 is 9.15 Å². The molecule has 2 aromatic rings. The van der Waals surface area contributed by atoms with E-state index < -0.39 is 0 Å². The topological polar surface area (TPSA) is 63.4 Å². The molecule has 0 amide bonds. The van der Waals surface area contributed by atoms with Gasteiger partial charge in [0.1, 0.15) is 5.69 Å². The van der Waals surface area contributed by atoms with Gasteiger partial charge >= 0.3 is 0 Å². The van der Waals surface area contributed by atoms with Crippen LogP contribution in [-0.2, 0) is 4.74 Å². The molecular weight excluding hydrogens is 268 g/mol. The molecule has 0 aromatic carbocycles. The molecule has 0 atom stereocenters. The average molecular weight is 288 g/mol. The van der Waals surface area contributed by atoms with Crippen molar-refractivity contribution in [3.8, 4) is 11.5 Å². The monoisotopic (exact) mass is 288 g/mol. The first-order valence-corrected chi connectivity index (χ1v) is 7.32. The van der Waals surface area contributed by atoms with Crippen molar-refractivity contribution in [3.63, 3.8) is 0 Å².